The Bertz CT molecular complexity index is 1420. The van der Waals surface area contributed by atoms with Crippen LogP contribution >= 0.6 is 0 Å². The van der Waals surface area contributed by atoms with Crippen molar-refractivity contribution < 1.29 is 18.7 Å². The van der Waals surface area contributed by atoms with Gasteiger partial charge < -0.3 is 25.6 Å². The molecular formula is C30H34FN5O3. The second-order valence-corrected chi connectivity index (χ2v) is 10.5. The molecule has 0 aliphatic carbocycles. The summed E-state index contributed by atoms with van der Waals surface area (Å²) in [6.07, 6.45) is 2.27. The number of carbonyl (C=O) groups is 2. The lowest BCUT2D eigenvalue weighted by molar-refractivity contribution is -0.130. The lowest BCUT2D eigenvalue weighted by Gasteiger charge is -2.32. The number of fused-ring (bicyclic) bond motifs is 1. The van der Waals surface area contributed by atoms with Gasteiger partial charge in [-0.05, 0) is 61.5 Å². The average Bonchev–Trinajstić information content (AvgIpc) is 2.90. The van der Waals surface area contributed by atoms with E-state index in [-0.39, 0.29) is 23.7 Å². The van der Waals surface area contributed by atoms with Gasteiger partial charge in [-0.25, -0.2) is 4.98 Å². The maximum Gasteiger partial charge on any atom is 0.251 e. The van der Waals surface area contributed by atoms with E-state index in [0.29, 0.717) is 48.4 Å². The van der Waals surface area contributed by atoms with Crippen LogP contribution in [0.15, 0.2) is 42.5 Å². The summed E-state index contributed by atoms with van der Waals surface area (Å²) in [5, 5.41) is 2.85. The number of nitrogens with two attached hydrogens (primary N) is 1. The fraction of sp³-hybridized carbons (Fsp3) is 0.367. The molecule has 3 heterocycles. The van der Waals surface area contributed by atoms with E-state index in [0.717, 1.165) is 41.7 Å². The van der Waals surface area contributed by atoms with Gasteiger partial charge in [0.1, 0.15) is 17.7 Å². The summed E-state index contributed by atoms with van der Waals surface area (Å²) >= 11 is 0. The quantitative estimate of drug-likeness (QED) is 0.469. The van der Waals surface area contributed by atoms with Crippen LogP contribution in [-0.2, 0) is 17.8 Å². The van der Waals surface area contributed by atoms with Gasteiger partial charge in [-0.3, -0.25) is 9.59 Å². The largest absolute Gasteiger partial charge is 0.490 e. The van der Waals surface area contributed by atoms with Crippen molar-refractivity contribution in [1.82, 2.24) is 20.1 Å². The second kappa shape index (κ2) is 11.0. The Labute approximate surface area is 228 Å². The molecule has 0 spiro atoms. The summed E-state index contributed by atoms with van der Waals surface area (Å²) < 4.78 is 21.6. The fourth-order valence-corrected chi connectivity index (χ4v) is 5.33. The molecule has 0 saturated carbocycles. The topological polar surface area (TPSA) is 101 Å². The number of anilines is 1. The Balaban J connectivity index is 1.46. The molecule has 1 fully saturated rings. The van der Waals surface area contributed by atoms with Crippen LogP contribution in [0.25, 0.3) is 22.3 Å². The van der Waals surface area contributed by atoms with Gasteiger partial charge in [0, 0.05) is 68.2 Å². The Morgan fingerprint density at radius 2 is 1.82 bits per heavy atom. The summed E-state index contributed by atoms with van der Waals surface area (Å²) in [7, 11) is 3.95. The number of nitrogens with one attached hydrogen (secondary N) is 1. The molecule has 3 aromatic rings. The maximum absolute atomic E-state index is 15.2. The van der Waals surface area contributed by atoms with Crippen LogP contribution in [0, 0.1) is 5.95 Å². The summed E-state index contributed by atoms with van der Waals surface area (Å²) in [6, 6.07) is 12.9. The third-order valence-electron chi connectivity index (χ3n) is 7.39. The molecule has 0 unspecified atom stereocenters. The molecule has 3 N–H and O–H groups in total. The number of benzene rings is 2. The molecular weight excluding hydrogens is 497 g/mol. The number of pyridine rings is 1. The first-order valence-electron chi connectivity index (χ1n) is 13.3. The van der Waals surface area contributed by atoms with Crippen molar-refractivity contribution in [3.63, 3.8) is 0 Å². The van der Waals surface area contributed by atoms with E-state index < -0.39 is 5.95 Å². The number of nitrogen functional groups attached to an aromatic ring is 1. The minimum absolute atomic E-state index is 0.0139. The van der Waals surface area contributed by atoms with Gasteiger partial charge in [0.15, 0.2) is 0 Å². The summed E-state index contributed by atoms with van der Waals surface area (Å²) in [4.78, 5) is 31.8. The van der Waals surface area contributed by atoms with Crippen LogP contribution in [0.1, 0.15) is 41.3 Å². The van der Waals surface area contributed by atoms with Crippen LogP contribution in [0.5, 0.6) is 5.75 Å². The molecule has 1 aromatic heterocycles. The molecule has 8 nitrogen and oxygen atoms in total. The third kappa shape index (κ3) is 5.73. The Hall–Kier alpha value is -3.98. The minimum atomic E-state index is -0.644. The average molecular weight is 532 g/mol. The van der Waals surface area contributed by atoms with Crippen molar-refractivity contribution in [3.8, 4) is 28.0 Å². The number of ether oxygens (including phenoxy) is 1. The maximum atomic E-state index is 15.2. The number of hydrogen-bond acceptors (Lipinski definition) is 6. The van der Waals surface area contributed by atoms with Crippen molar-refractivity contribution in [3.05, 3.63) is 65.1 Å². The summed E-state index contributed by atoms with van der Waals surface area (Å²) in [5.41, 5.74) is 11.1. The highest BCUT2D eigenvalue weighted by molar-refractivity contribution is 5.97. The lowest BCUT2D eigenvalue weighted by Crippen LogP contribution is -2.40. The molecule has 2 aliphatic rings. The SMILES string of the molecule is CC(=O)N1CCC(Oc2ccc(-c3cc(-c4ccc5c(c4)CCNC5=O)c(N)nc3F)cc2CN(C)C)CC1. The number of amides is 2. The fourth-order valence-electron chi connectivity index (χ4n) is 5.33. The highest BCUT2D eigenvalue weighted by atomic mass is 19.1. The van der Waals surface area contributed by atoms with Crippen molar-refractivity contribution in [2.45, 2.75) is 38.8 Å². The van der Waals surface area contributed by atoms with Crippen molar-refractivity contribution in [1.29, 1.82) is 0 Å². The van der Waals surface area contributed by atoms with Gasteiger partial charge in [-0.15, -0.1) is 0 Å². The monoisotopic (exact) mass is 531 g/mol. The zero-order valence-corrected chi connectivity index (χ0v) is 22.6. The molecule has 0 atom stereocenters. The van der Waals surface area contributed by atoms with Crippen LogP contribution in [0.4, 0.5) is 10.2 Å². The Morgan fingerprint density at radius 1 is 1.10 bits per heavy atom. The van der Waals surface area contributed by atoms with Crippen LogP contribution < -0.4 is 15.8 Å². The number of hydrogen-bond donors (Lipinski definition) is 2. The molecule has 204 valence electrons. The molecule has 39 heavy (non-hydrogen) atoms. The summed E-state index contributed by atoms with van der Waals surface area (Å²) in [6.45, 7) is 4.14. The third-order valence-corrected chi connectivity index (χ3v) is 7.39. The molecule has 9 heteroatoms. The zero-order chi connectivity index (χ0) is 27.7. The highest BCUT2D eigenvalue weighted by Gasteiger charge is 2.24. The molecule has 1 saturated heterocycles. The standard InChI is InChI=1S/C30H34FN5O3/c1-18(37)36-12-9-23(10-13-36)39-27-7-5-19(15-22(27)17-35(2)3)25-16-26(29(32)34-28(25)31)20-4-6-24-21(14-20)8-11-33-30(24)38/h4-7,14-16,23H,8-13,17H2,1-3H3,(H2,32,34)(H,33,38). The van der Waals surface area contributed by atoms with E-state index in [1.54, 1.807) is 19.1 Å². The number of rotatable bonds is 6. The molecule has 5 rings (SSSR count). The Kier molecular flexibility index (Phi) is 7.52. The van der Waals surface area contributed by atoms with Gasteiger partial charge in [0.25, 0.3) is 5.91 Å². The van der Waals surface area contributed by atoms with Crippen molar-refractivity contribution >= 4 is 17.6 Å². The van der Waals surface area contributed by atoms with E-state index in [2.05, 4.69) is 10.3 Å². The number of aromatic nitrogens is 1. The van der Waals surface area contributed by atoms with Crippen LogP contribution in [-0.4, -0.2) is 66.4 Å². The van der Waals surface area contributed by atoms with Crippen LogP contribution in [0.3, 0.4) is 0 Å². The number of nitrogens with zero attached hydrogens (tertiary/aromatic N) is 3. The number of likely N-dealkylation sites (tertiary alicyclic amines) is 1. The first-order valence-corrected chi connectivity index (χ1v) is 13.3. The lowest BCUT2D eigenvalue weighted by atomic mass is 9.93. The van der Waals surface area contributed by atoms with Crippen molar-refractivity contribution in [2.24, 2.45) is 0 Å². The summed E-state index contributed by atoms with van der Waals surface area (Å²) in [5.74, 6) is 0.210. The van der Waals surface area contributed by atoms with Crippen LogP contribution in [0.2, 0.25) is 0 Å². The number of halogens is 1. The molecule has 2 amide bonds. The smallest absolute Gasteiger partial charge is 0.251 e. The molecule has 2 aromatic carbocycles. The Morgan fingerprint density at radius 3 is 2.54 bits per heavy atom. The van der Waals surface area contributed by atoms with Gasteiger partial charge in [0.05, 0.1) is 0 Å². The molecule has 0 radical (unpaired) electrons. The van der Waals surface area contributed by atoms with E-state index in [1.165, 1.54) is 0 Å². The minimum Gasteiger partial charge on any atom is -0.490 e. The van der Waals surface area contributed by atoms with Gasteiger partial charge >= 0.3 is 0 Å². The van der Waals surface area contributed by atoms with E-state index >= 15 is 4.39 Å². The second-order valence-electron chi connectivity index (χ2n) is 10.5. The number of carbonyl (C=O) groups excluding carboxylic acids is 2. The van der Waals surface area contributed by atoms with E-state index in [9.17, 15) is 9.59 Å². The van der Waals surface area contributed by atoms with Gasteiger partial charge in [-0.1, -0.05) is 18.2 Å². The van der Waals surface area contributed by atoms with E-state index in [1.807, 2.05) is 54.2 Å². The normalized spacial score (nSPS) is 15.7. The first kappa shape index (κ1) is 26.6. The first-order chi connectivity index (χ1) is 18.7. The predicted molar refractivity (Wildman–Crippen MR) is 149 cm³/mol. The molecule has 2 aliphatic heterocycles. The van der Waals surface area contributed by atoms with Crippen molar-refractivity contribution in [2.75, 3.05) is 39.5 Å². The van der Waals surface area contributed by atoms with Gasteiger partial charge in [-0.2, -0.15) is 4.39 Å². The predicted octanol–water partition coefficient (Wildman–Crippen LogP) is 3.87. The number of piperidine rings is 1. The van der Waals surface area contributed by atoms with E-state index in [4.69, 9.17) is 10.5 Å². The zero-order valence-electron chi connectivity index (χ0n) is 22.6. The van der Waals surface area contributed by atoms with Gasteiger partial charge in [0.2, 0.25) is 11.9 Å². The highest BCUT2D eigenvalue weighted by Crippen LogP contribution is 2.35. The molecule has 0 bridgehead atoms.